The Morgan fingerprint density at radius 3 is 2.31 bits per heavy atom. The van der Waals surface area contributed by atoms with Gasteiger partial charge in [-0.05, 0) is 50.8 Å². The number of aryl methyl sites for hydroxylation is 1. The Bertz CT molecular complexity index is 296. The molecule has 0 unspecified atom stereocenters. The summed E-state index contributed by atoms with van der Waals surface area (Å²) in [7, 11) is 0. The molecule has 1 aromatic carbocycles. The molecular formula is C14H22O2. The molecule has 0 aliphatic rings. The third-order valence-electron chi connectivity index (χ3n) is 2.42. The van der Waals surface area contributed by atoms with Crippen LogP contribution >= 0.6 is 0 Å². The van der Waals surface area contributed by atoms with Crippen LogP contribution in [0.3, 0.4) is 0 Å². The second-order valence-electron chi connectivity index (χ2n) is 4.80. The molecule has 0 atom stereocenters. The quantitative estimate of drug-likeness (QED) is 0.801. The minimum absolute atomic E-state index is 0.586. The smallest absolute Gasteiger partial charge is 0.119 e. The van der Waals surface area contributed by atoms with Crippen LogP contribution in [0.4, 0.5) is 0 Å². The molecule has 0 aliphatic heterocycles. The van der Waals surface area contributed by atoms with E-state index in [1.807, 2.05) is 26.0 Å². The van der Waals surface area contributed by atoms with Crippen molar-refractivity contribution in [2.75, 3.05) is 6.61 Å². The van der Waals surface area contributed by atoms with E-state index in [1.54, 1.807) is 0 Å². The van der Waals surface area contributed by atoms with Gasteiger partial charge < -0.3 is 9.84 Å². The van der Waals surface area contributed by atoms with Crippen molar-refractivity contribution in [1.29, 1.82) is 0 Å². The zero-order valence-electron chi connectivity index (χ0n) is 10.5. The summed E-state index contributed by atoms with van der Waals surface area (Å²) in [4.78, 5) is 0. The van der Waals surface area contributed by atoms with Crippen LogP contribution in [0.2, 0.25) is 0 Å². The summed E-state index contributed by atoms with van der Waals surface area (Å²) in [5, 5.41) is 9.63. The van der Waals surface area contributed by atoms with E-state index >= 15 is 0 Å². The fourth-order valence-corrected chi connectivity index (χ4v) is 1.42. The number of aliphatic hydroxyl groups is 1. The predicted molar refractivity (Wildman–Crippen MR) is 66.8 cm³/mol. The predicted octanol–water partition coefficient (Wildman–Crippen LogP) is 3.18. The number of hydrogen-bond acceptors (Lipinski definition) is 2. The van der Waals surface area contributed by atoms with Gasteiger partial charge in [0.25, 0.3) is 0 Å². The van der Waals surface area contributed by atoms with Crippen molar-refractivity contribution in [3.05, 3.63) is 29.8 Å². The van der Waals surface area contributed by atoms with Crippen LogP contribution in [0.15, 0.2) is 24.3 Å². The second kappa shape index (κ2) is 5.90. The Morgan fingerprint density at radius 1 is 1.19 bits per heavy atom. The molecule has 0 amide bonds. The van der Waals surface area contributed by atoms with E-state index in [0.717, 1.165) is 31.6 Å². The van der Waals surface area contributed by atoms with Gasteiger partial charge in [0.15, 0.2) is 0 Å². The van der Waals surface area contributed by atoms with Crippen LogP contribution in [0.1, 0.15) is 39.2 Å². The third kappa shape index (κ3) is 5.17. The Hall–Kier alpha value is -1.02. The fraction of sp³-hybridized carbons (Fsp3) is 0.571. The Morgan fingerprint density at radius 2 is 1.81 bits per heavy atom. The van der Waals surface area contributed by atoms with Crippen molar-refractivity contribution in [3.8, 4) is 5.75 Å². The summed E-state index contributed by atoms with van der Waals surface area (Å²) < 4.78 is 5.51. The Balaban J connectivity index is 2.45. The fourth-order valence-electron chi connectivity index (χ4n) is 1.42. The molecule has 0 radical (unpaired) electrons. The van der Waals surface area contributed by atoms with Crippen LogP contribution in [0, 0.1) is 0 Å². The molecule has 0 saturated heterocycles. The average molecular weight is 222 g/mol. The molecule has 2 nitrogen and oxygen atoms in total. The first kappa shape index (κ1) is 13.0. The lowest BCUT2D eigenvalue weighted by Gasteiger charge is -2.16. The van der Waals surface area contributed by atoms with Gasteiger partial charge >= 0.3 is 0 Å². The standard InChI is InChI=1S/C14H22O2/c1-4-11-16-13-7-5-12(6-8-13)9-10-14(2,3)15/h5-8,15H,4,9-11H2,1-3H3. The van der Waals surface area contributed by atoms with Crippen LogP contribution in [0.5, 0.6) is 5.75 Å². The van der Waals surface area contributed by atoms with Gasteiger partial charge in [-0.3, -0.25) is 0 Å². The maximum Gasteiger partial charge on any atom is 0.119 e. The molecule has 0 spiro atoms. The number of hydrogen-bond donors (Lipinski definition) is 1. The zero-order valence-corrected chi connectivity index (χ0v) is 10.5. The molecule has 90 valence electrons. The minimum Gasteiger partial charge on any atom is -0.494 e. The van der Waals surface area contributed by atoms with E-state index < -0.39 is 5.60 Å². The van der Waals surface area contributed by atoms with Gasteiger partial charge in [0, 0.05) is 0 Å². The highest BCUT2D eigenvalue weighted by atomic mass is 16.5. The highest BCUT2D eigenvalue weighted by Gasteiger charge is 2.11. The van der Waals surface area contributed by atoms with E-state index in [-0.39, 0.29) is 0 Å². The molecule has 1 rings (SSSR count). The lowest BCUT2D eigenvalue weighted by molar-refractivity contribution is 0.0714. The summed E-state index contributed by atoms with van der Waals surface area (Å²) in [6, 6.07) is 8.12. The molecule has 16 heavy (non-hydrogen) atoms. The normalized spacial score (nSPS) is 11.5. The maximum atomic E-state index is 9.63. The summed E-state index contributed by atoms with van der Waals surface area (Å²) in [5.74, 6) is 0.925. The van der Waals surface area contributed by atoms with Crippen molar-refractivity contribution in [2.45, 2.75) is 45.6 Å². The van der Waals surface area contributed by atoms with Gasteiger partial charge in [-0.25, -0.2) is 0 Å². The first-order valence-electron chi connectivity index (χ1n) is 5.95. The number of benzene rings is 1. The van der Waals surface area contributed by atoms with Crippen LogP contribution in [-0.4, -0.2) is 17.3 Å². The van der Waals surface area contributed by atoms with E-state index in [2.05, 4.69) is 19.1 Å². The van der Waals surface area contributed by atoms with Gasteiger partial charge in [-0.1, -0.05) is 19.1 Å². The van der Waals surface area contributed by atoms with Gasteiger partial charge in [-0.15, -0.1) is 0 Å². The van der Waals surface area contributed by atoms with E-state index in [0.29, 0.717) is 0 Å². The number of rotatable bonds is 6. The molecule has 0 heterocycles. The lowest BCUT2D eigenvalue weighted by Crippen LogP contribution is -2.19. The lowest BCUT2D eigenvalue weighted by atomic mass is 9.99. The van der Waals surface area contributed by atoms with Crippen molar-refractivity contribution in [2.24, 2.45) is 0 Å². The largest absolute Gasteiger partial charge is 0.494 e. The molecule has 0 aliphatic carbocycles. The molecule has 0 aromatic heterocycles. The second-order valence-corrected chi connectivity index (χ2v) is 4.80. The Labute approximate surface area is 98.3 Å². The monoisotopic (exact) mass is 222 g/mol. The van der Waals surface area contributed by atoms with E-state index in [9.17, 15) is 5.11 Å². The molecule has 1 aromatic rings. The van der Waals surface area contributed by atoms with Crippen LogP contribution < -0.4 is 4.74 Å². The van der Waals surface area contributed by atoms with Crippen molar-refractivity contribution < 1.29 is 9.84 Å². The van der Waals surface area contributed by atoms with Gasteiger partial charge in [0.1, 0.15) is 5.75 Å². The summed E-state index contributed by atoms with van der Waals surface area (Å²) in [6.07, 6.45) is 2.71. The SMILES string of the molecule is CCCOc1ccc(CCC(C)(C)O)cc1. The molecule has 0 saturated carbocycles. The topological polar surface area (TPSA) is 29.5 Å². The van der Waals surface area contributed by atoms with Crippen LogP contribution in [0.25, 0.3) is 0 Å². The molecule has 0 bridgehead atoms. The summed E-state index contributed by atoms with van der Waals surface area (Å²) >= 11 is 0. The van der Waals surface area contributed by atoms with Crippen LogP contribution in [-0.2, 0) is 6.42 Å². The van der Waals surface area contributed by atoms with Crippen molar-refractivity contribution in [1.82, 2.24) is 0 Å². The van der Waals surface area contributed by atoms with Gasteiger partial charge in [0.2, 0.25) is 0 Å². The highest BCUT2D eigenvalue weighted by molar-refractivity contribution is 5.27. The van der Waals surface area contributed by atoms with Gasteiger partial charge in [-0.2, -0.15) is 0 Å². The molecule has 0 fully saturated rings. The third-order valence-corrected chi connectivity index (χ3v) is 2.42. The summed E-state index contributed by atoms with van der Waals surface area (Å²) in [5.41, 5.74) is 0.656. The maximum absolute atomic E-state index is 9.63. The molecule has 1 N–H and O–H groups in total. The average Bonchev–Trinajstić information content (AvgIpc) is 2.24. The molecule has 2 heteroatoms. The van der Waals surface area contributed by atoms with Crippen molar-refractivity contribution >= 4 is 0 Å². The zero-order chi connectivity index (χ0) is 12.0. The highest BCUT2D eigenvalue weighted by Crippen LogP contribution is 2.16. The van der Waals surface area contributed by atoms with E-state index in [1.165, 1.54) is 5.56 Å². The first-order valence-corrected chi connectivity index (χ1v) is 5.95. The van der Waals surface area contributed by atoms with E-state index in [4.69, 9.17) is 4.74 Å². The Kier molecular flexibility index (Phi) is 4.81. The molecular weight excluding hydrogens is 200 g/mol. The minimum atomic E-state index is -0.586. The first-order chi connectivity index (χ1) is 7.51. The van der Waals surface area contributed by atoms with Crippen molar-refractivity contribution in [3.63, 3.8) is 0 Å². The summed E-state index contributed by atoms with van der Waals surface area (Å²) in [6.45, 7) is 6.54. The number of ether oxygens (including phenoxy) is 1. The van der Waals surface area contributed by atoms with Gasteiger partial charge in [0.05, 0.1) is 12.2 Å².